The van der Waals surface area contributed by atoms with Crippen LogP contribution >= 0.6 is 0 Å². The van der Waals surface area contributed by atoms with Crippen LogP contribution < -0.4 is 0 Å². The second-order valence-electron chi connectivity index (χ2n) is 8.80. The van der Waals surface area contributed by atoms with E-state index in [-0.39, 0.29) is 30.1 Å². The van der Waals surface area contributed by atoms with Crippen molar-refractivity contribution in [1.29, 1.82) is 0 Å². The third-order valence-electron chi connectivity index (χ3n) is 6.14. The lowest BCUT2D eigenvalue weighted by Crippen LogP contribution is -2.44. The van der Waals surface area contributed by atoms with E-state index in [4.69, 9.17) is 9.15 Å². The Morgan fingerprint density at radius 1 is 1.03 bits per heavy atom. The number of ether oxygens (including phenoxy) is 1. The molecule has 0 N–H and O–H groups in total. The number of morpholine rings is 1. The SMILES string of the molecule is O=C(CN(CCCN1CCOCC1)C(=O)C1CC1)N(Cc1ccc(F)cc1)Cc1ccco1. The van der Waals surface area contributed by atoms with Crippen LogP contribution in [0.3, 0.4) is 0 Å². The first kappa shape index (κ1) is 23.4. The molecule has 178 valence electrons. The van der Waals surface area contributed by atoms with Gasteiger partial charge in [-0.2, -0.15) is 0 Å². The van der Waals surface area contributed by atoms with Crippen LogP contribution in [0, 0.1) is 11.7 Å². The fourth-order valence-electron chi connectivity index (χ4n) is 4.06. The molecule has 2 fully saturated rings. The molecule has 2 heterocycles. The van der Waals surface area contributed by atoms with Crippen LogP contribution in [-0.4, -0.2) is 72.5 Å². The molecule has 2 amide bonds. The molecule has 1 aromatic heterocycles. The van der Waals surface area contributed by atoms with Gasteiger partial charge in [0.05, 0.1) is 32.6 Å². The van der Waals surface area contributed by atoms with Gasteiger partial charge in [-0.15, -0.1) is 0 Å². The maximum Gasteiger partial charge on any atom is 0.242 e. The van der Waals surface area contributed by atoms with Crippen molar-refractivity contribution in [1.82, 2.24) is 14.7 Å². The average molecular weight is 458 g/mol. The summed E-state index contributed by atoms with van der Waals surface area (Å²) in [4.78, 5) is 32.0. The molecule has 1 aromatic carbocycles. The molecule has 0 unspecified atom stereocenters. The normalized spacial score (nSPS) is 16.5. The van der Waals surface area contributed by atoms with E-state index in [1.807, 2.05) is 6.07 Å². The highest BCUT2D eigenvalue weighted by Crippen LogP contribution is 2.31. The predicted molar refractivity (Wildman–Crippen MR) is 121 cm³/mol. The molecule has 33 heavy (non-hydrogen) atoms. The van der Waals surface area contributed by atoms with Crippen LogP contribution in [0.15, 0.2) is 47.1 Å². The van der Waals surface area contributed by atoms with Crippen LogP contribution in [0.25, 0.3) is 0 Å². The lowest BCUT2D eigenvalue weighted by atomic mass is 10.2. The van der Waals surface area contributed by atoms with Crippen LogP contribution in [0.2, 0.25) is 0 Å². The number of amides is 2. The molecule has 1 saturated heterocycles. The lowest BCUT2D eigenvalue weighted by molar-refractivity contribution is -0.142. The molecule has 8 heteroatoms. The zero-order valence-corrected chi connectivity index (χ0v) is 19.0. The summed E-state index contributed by atoms with van der Waals surface area (Å²) in [5, 5.41) is 0. The highest BCUT2D eigenvalue weighted by molar-refractivity contribution is 5.87. The number of furan rings is 1. The quantitative estimate of drug-likeness (QED) is 0.519. The first-order valence-corrected chi connectivity index (χ1v) is 11.7. The minimum Gasteiger partial charge on any atom is -0.467 e. The van der Waals surface area contributed by atoms with Gasteiger partial charge in [0.2, 0.25) is 11.8 Å². The molecule has 1 aliphatic heterocycles. The van der Waals surface area contributed by atoms with Crippen molar-refractivity contribution in [2.45, 2.75) is 32.4 Å². The fraction of sp³-hybridized carbons (Fsp3) is 0.520. The van der Waals surface area contributed by atoms with Crippen molar-refractivity contribution >= 4 is 11.8 Å². The molecule has 2 aliphatic rings. The van der Waals surface area contributed by atoms with Crippen molar-refractivity contribution in [3.63, 3.8) is 0 Å². The van der Waals surface area contributed by atoms with Crippen molar-refractivity contribution in [2.75, 3.05) is 45.9 Å². The number of nitrogens with zero attached hydrogens (tertiary/aromatic N) is 3. The number of rotatable bonds is 11. The number of hydrogen-bond donors (Lipinski definition) is 0. The predicted octanol–water partition coefficient (Wildman–Crippen LogP) is 2.91. The minimum atomic E-state index is -0.316. The second kappa shape index (κ2) is 11.4. The highest BCUT2D eigenvalue weighted by Gasteiger charge is 2.34. The third kappa shape index (κ3) is 7.14. The average Bonchev–Trinajstić information content (AvgIpc) is 3.56. The van der Waals surface area contributed by atoms with Crippen molar-refractivity contribution in [2.24, 2.45) is 5.92 Å². The van der Waals surface area contributed by atoms with Gasteiger partial charge in [-0.25, -0.2) is 4.39 Å². The van der Waals surface area contributed by atoms with E-state index < -0.39 is 0 Å². The van der Waals surface area contributed by atoms with Crippen LogP contribution in [0.5, 0.6) is 0 Å². The van der Waals surface area contributed by atoms with E-state index in [1.165, 1.54) is 12.1 Å². The Bertz CT molecular complexity index is 893. The molecule has 2 aromatic rings. The van der Waals surface area contributed by atoms with Gasteiger partial charge in [0.25, 0.3) is 0 Å². The van der Waals surface area contributed by atoms with E-state index in [0.717, 1.165) is 57.7 Å². The molecule has 0 bridgehead atoms. The molecule has 1 saturated carbocycles. The van der Waals surface area contributed by atoms with Crippen molar-refractivity contribution < 1.29 is 23.1 Å². The summed E-state index contributed by atoms with van der Waals surface area (Å²) in [6.07, 6.45) is 4.20. The Morgan fingerprint density at radius 3 is 2.45 bits per heavy atom. The van der Waals surface area contributed by atoms with E-state index >= 15 is 0 Å². The molecular weight excluding hydrogens is 425 g/mol. The van der Waals surface area contributed by atoms with Crippen molar-refractivity contribution in [3.8, 4) is 0 Å². The molecule has 0 atom stereocenters. The van der Waals surface area contributed by atoms with Gasteiger partial charge < -0.3 is 19.0 Å². The zero-order valence-electron chi connectivity index (χ0n) is 19.0. The Morgan fingerprint density at radius 2 is 1.79 bits per heavy atom. The molecule has 0 radical (unpaired) electrons. The fourth-order valence-corrected chi connectivity index (χ4v) is 4.06. The number of benzene rings is 1. The number of carbonyl (C=O) groups is 2. The third-order valence-corrected chi connectivity index (χ3v) is 6.14. The number of carbonyl (C=O) groups excluding carboxylic acids is 2. The summed E-state index contributed by atoms with van der Waals surface area (Å²) in [7, 11) is 0. The van der Waals surface area contributed by atoms with Crippen LogP contribution in [-0.2, 0) is 27.4 Å². The Balaban J connectivity index is 1.40. The standard InChI is InChI=1S/C25H32FN3O4/c26-22-8-4-20(5-9-22)17-29(18-23-3-1-14-33-23)24(30)19-28(25(31)21-6-7-21)11-2-10-27-12-15-32-16-13-27/h1,3-5,8-9,14,21H,2,6-7,10-13,15-19H2. The van der Waals surface area contributed by atoms with Gasteiger partial charge >= 0.3 is 0 Å². The Hall–Kier alpha value is -2.71. The lowest BCUT2D eigenvalue weighted by Gasteiger charge is -2.30. The summed E-state index contributed by atoms with van der Waals surface area (Å²) in [5.41, 5.74) is 0.823. The molecule has 1 aliphatic carbocycles. The Kier molecular flexibility index (Phi) is 8.12. The van der Waals surface area contributed by atoms with E-state index in [1.54, 1.807) is 34.3 Å². The summed E-state index contributed by atoms with van der Waals surface area (Å²) in [6, 6.07) is 9.73. The zero-order chi connectivity index (χ0) is 23.0. The number of hydrogen-bond acceptors (Lipinski definition) is 5. The molecule has 0 spiro atoms. The van der Waals surface area contributed by atoms with E-state index in [0.29, 0.717) is 25.4 Å². The van der Waals surface area contributed by atoms with Crippen LogP contribution in [0.4, 0.5) is 4.39 Å². The minimum absolute atomic E-state index is 0.0420. The van der Waals surface area contributed by atoms with Crippen molar-refractivity contribution in [3.05, 3.63) is 59.8 Å². The van der Waals surface area contributed by atoms with E-state index in [2.05, 4.69) is 4.90 Å². The summed E-state index contributed by atoms with van der Waals surface area (Å²) in [5.74, 6) is 0.333. The summed E-state index contributed by atoms with van der Waals surface area (Å²) < 4.78 is 24.2. The summed E-state index contributed by atoms with van der Waals surface area (Å²) in [6.45, 7) is 5.40. The topological polar surface area (TPSA) is 66.2 Å². The highest BCUT2D eigenvalue weighted by atomic mass is 19.1. The molecule has 7 nitrogen and oxygen atoms in total. The second-order valence-corrected chi connectivity index (χ2v) is 8.80. The van der Waals surface area contributed by atoms with Gasteiger partial charge in [-0.1, -0.05) is 12.1 Å². The van der Waals surface area contributed by atoms with E-state index in [9.17, 15) is 14.0 Å². The molecule has 4 rings (SSSR count). The molecular formula is C25H32FN3O4. The van der Waals surface area contributed by atoms with Crippen LogP contribution in [0.1, 0.15) is 30.6 Å². The first-order valence-electron chi connectivity index (χ1n) is 11.7. The maximum atomic E-state index is 13.4. The monoisotopic (exact) mass is 457 g/mol. The number of halogens is 1. The summed E-state index contributed by atoms with van der Waals surface area (Å²) >= 11 is 0. The van der Waals surface area contributed by atoms with Gasteiger partial charge in [0.15, 0.2) is 0 Å². The smallest absolute Gasteiger partial charge is 0.242 e. The first-order chi connectivity index (χ1) is 16.1. The van der Waals surface area contributed by atoms with Gasteiger partial charge in [0, 0.05) is 38.6 Å². The van der Waals surface area contributed by atoms with Gasteiger partial charge in [0.1, 0.15) is 11.6 Å². The largest absolute Gasteiger partial charge is 0.467 e. The van der Waals surface area contributed by atoms with Gasteiger partial charge in [-0.05, 0) is 49.1 Å². The maximum absolute atomic E-state index is 13.4. The Labute approximate surface area is 194 Å². The van der Waals surface area contributed by atoms with Gasteiger partial charge in [-0.3, -0.25) is 14.5 Å².